The van der Waals surface area contributed by atoms with Crippen LogP contribution in [0.3, 0.4) is 0 Å². The molecule has 2 heterocycles. The summed E-state index contributed by atoms with van der Waals surface area (Å²) in [7, 11) is 1.81. The van der Waals surface area contributed by atoms with E-state index >= 15 is 0 Å². The maximum Gasteiger partial charge on any atom is 0.191 e. The van der Waals surface area contributed by atoms with Crippen LogP contribution in [0.1, 0.15) is 54.8 Å². The third kappa shape index (κ3) is 4.81. The standard InChI is InChI=1S/C23H34N4O2/c1-5-20-18(21(6-2)29-27-20)15-25-22(24-4)26-16-23(11-13-28-14-12-23)19-10-8-7-9-17(19)3/h7-10H,5-6,11-16H2,1-4H3,(H2,24,25,26). The van der Waals surface area contributed by atoms with Gasteiger partial charge in [0.2, 0.25) is 0 Å². The van der Waals surface area contributed by atoms with Crippen LogP contribution in [-0.2, 0) is 29.5 Å². The van der Waals surface area contributed by atoms with E-state index in [4.69, 9.17) is 9.26 Å². The summed E-state index contributed by atoms with van der Waals surface area (Å²) in [6, 6.07) is 8.70. The summed E-state index contributed by atoms with van der Waals surface area (Å²) in [5.41, 5.74) is 4.97. The Morgan fingerprint density at radius 1 is 1.14 bits per heavy atom. The molecule has 3 rings (SSSR count). The highest BCUT2D eigenvalue weighted by molar-refractivity contribution is 5.79. The predicted octanol–water partition coefficient (Wildman–Crippen LogP) is 3.52. The highest BCUT2D eigenvalue weighted by atomic mass is 16.5. The maximum absolute atomic E-state index is 5.68. The largest absolute Gasteiger partial charge is 0.381 e. The molecule has 2 aromatic rings. The molecule has 158 valence electrons. The van der Waals surface area contributed by atoms with Gasteiger partial charge in [-0.3, -0.25) is 4.99 Å². The molecule has 0 amide bonds. The Hall–Kier alpha value is -2.34. The Labute approximate surface area is 174 Å². The van der Waals surface area contributed by atoms with Gasteiger partial charge in [0.15, 0.2) is 5.96 Å². The van der Waals surface area contributed by atoms with Crippen LogP contribution in [0.15, 0.2) is 33.8 Å². The highest BCUT2D eigenvalue weighted by Crippen LogP contribution is 2.36. The Morgan fingerprint density at radius 3 is 2.55 bits per heavy atom. The summed E-state index contributed by atoms with van der Waals surface area (Å²) in [6.07, 6.45) is 3.72. The molecule has 0 radical (unpaired) electrons. The minimum absolute atomic E-state index is 0.0571. The summed E-state index contributed by atoms with van der Waals surface area (Å²) in [6.45, 7) is 9.47. The lowest BCUT2D eigenvalue weighted by Crippen LogP contribution is -2.48. The van der Waals surface area contributed by atoms with Crippen molar-refractivity contribution >= 4 is 5.96 Å². The van der Waals surface area contributed by atoms with Gasteiger partial charge in [-0.25, -0.2) is 0 Å². The lowest BCUT2D eigenvalue weighted by molar-refractivity contribution is 0.0512. The number of ether oxygens (including phenoxy) is 1. The monoisotopic (exact) mass is 398 g/mol. The number of hydrogen-bond donors (Lipinski definition) is 2. The van der Waals surface area contributed by atoms with E-state index in [9.17, 15) is 0 Å². The number of benzene rings is 1. The van der Waals surface area contributed by atoms with Gasteiger partial charge in [0.25, 0.3) is 0 Å². The van der Waals surface area contributed by atoms with Crippen LogP contribution in [0.5, 0.6) is 0 Å². The summed E-state index contributed by atoms with van der Waals surface area (Å²) in [4.78, 5) is 4.44. The SMILES string of the molecule is CCc1noc(CC)c1CNC(=NC)NCC1(c2ccccc2C)CCOCC1. The average Bonchev–Trinajstić information content (AvgIpc) is 3.17. The van der Waals surface area contributed by atoms with Gasteiger partial charge in [-0.1, -0.05) is 43.3 Å². The average molecular weight is 399 g/mol. The van der Waals surface area contributed by atoms with Crippen LogP contribution in [0.4, 0.5) is 0 Å². The molecule has 0 aliphatic carbocycles. The molecular formula is C23H34N4O2. The number of hydrogen-bond acceptors (Lipinski definition) is 4. The molecular weight excluding hydrogens is 364 g/mol. The number of nitrogens with one attached hydrogen (secondary N) is 2. The van der Waals surface area contributed by atoms with Crippen molar-refractivity contribution in [2.45, 2.75) is 58.4 Å². The van der Waals surface area contributed by atoms with E-state index < -0.39 is 0 Å². The van der Waals surface area contributed by atoms with E-state index in [1.165, 1.54) is 11.1 Å². The predicted molar refractivity (Wildman–Crippen MR) is 116 cm³/mol. The molecule has 0 spiro atoms. The lowest BCUT2D eigenvalue weighted by atomic mass is 9.72. The van der Waals surface area contributed by atoms with Crippen molar-refractivity contribution < 1.29 is 9.26 Å². The minimum atomic E-state index is 0.0571. The first kappa shape index (κ1) is 21.4. The van der Waals surface area contributed by atoms with Gasteiger partial charge in [0.05, 0.1) is 5.69 Å². The maximum atomic E-state index is 5.68. The van der Waals surface area contributed by atoms with Crippen LogP contribution in [-0.4, -0.2) is 37.9 Å². The molecule has 0 atom stereocenters. The molecule has 0 bridgehead atoms. The van der Waals surface area contributed by atoms with Gasteiger partial charge in [0.1, 0.15) is 5.76 Å². The van der Waals surface area contributed by atoms with Crippen molar-refractivity contribution in [1.29, 1.82) is 0 Å². The first-order valence-electron chi connectivity index (χ1n) is 10.7. The molecule has 0 unspecified atom stereocenters. The van der Waals surface area contributed by atoms with Gasteiger partial charge < -0.3 is 19.9 Å². The number of rotatable bonds is 7. The van der Waals surface area contributed by atoms with E-state index in [2.05, 4.69) is 65.8 Å². The third-order valence-electron chi connectivity index (χ3n) is 6.02. The molecule has 0 saturated carbocycles. The number of guanidine groups is 1. The van der Waals surface area contributed by atoms with Crippen molar-refractivity contribution in [2.24, 2.45) is 4.99 Å². The van der Waals surface area contributed by atoms with Crippen LogP contribution >= 0.6 is 0 Å². The van der Waals surface area contributed by atoms with Crippen LogP contribution in [0.25, 0.3) is 0 Å². The van der Waals surface area contributed by atoms with Gasteiger partial charge in [-0.15, -0.1) is 0 Å². The van der Waals surface area contributed by atoms with Crippen LogP contribution < -0.4 is 10.6 Å². The Bertz CT molecular complexity index is 801. The minimum Gasteiger partial charge on any atom is -0.381 e. The second kappa shape index (κ2) is 9.92. The number of aromatic nitrogens is 1. The number of aliphatic imine (C=N–C) groups is 1. The third-order valence-corrected chi connectivity index (χ3v) is 6.02. The molecule has 29 heavy (non-hydrogen) atoms. The van der Waals surface area contributed by atoms with Crippen molar-refractivity contribution in [1.82, 2.24) is 15.8 Å². The Morgan fingerprint density at radius 2 is 1.90 bits per heavy atom. The molecule has 1 aliphatic rings. The summed E-state index contributed by atoms with van der Waals surface area (Å²) in [5.74, 6) is 1.75. The zero-order valence-corrected chi connectivity index (χ0v) is 18.2. The van der Waals surface area contributed by atoms with Gasteiger partial charge >= 0.3 is 0 Å². The van der Waals surface area contributed by atoms with Gasteiger partial charge in [-0.2, -0.15) is 0 Å². The number of nitrogens with zero attached hydrogens (tertiary/aromatic N) is 2. The molecule has 1 aromatic heterocycles. The first-order chi connectivity index (χ1) is 14.1. The highest BCUT2D eigenvalue weighted by Gasteiger charge is 2.35. The van der Waals surface area contributed by atoms with E-state index in [0.717, 1.165) is 68.4 Å². The zero-order chi connectivity index (χ0) is 20.7. The van der Waals surface area contributed by atoms with E-state index in [1.807, 2.05) is 7.05 Å². The second-order valence-corrected chi connectivity index (χ2v) is 7.73. The molecule has 2 N–H and O–H groups in total. The fourth-order valence-electron chi connectivity index (χ4n) is 4.25. The normalized spacial score (nSPS) is 16.6. The van der Waals surface area contributed by atoms with Crippen molar-refractivity contribution in [3.63, 3.8) is 0 Å². The van der Waals surface area contributed by atoms with E-state index in [0.29, 0.717) is 6.54 Å². The number of aryl methyl sites for hydroxylation is 3. The fourth-order valence-corrected chi connectivity index (χ4v) is 4.25. The summed E-state index contributed by atoms with van der Waals surface area (Å²) in [5, 5.41) is 11.2. The smallest absolute Gasteiger partial charge is 0.191 e. The summed E-state index contributed by atoms with van der Waals surface area (Å²) < 4.78 is 11.2. The lowest BCUT2D eigenvalue weighted by Gasteiger charge is -2.39. The van der Waals surface area contributed by atoms with Crippen molar-refractivity contribution in [3.8, 4) is 0 Å². The zero-order valence-electron chi connectivity index (χ0n) is 18.2. The van der Waals surface area contributed by atoms with Crippen LogP contribution in [0, 0.1) is 6.92 Å². The van der Waals surface area contributed by atoms with Gasteiger partial charge in [-0.05, 0) is 37.3 Å². The molecule has 1 fully saturated rings. The van der Waals surface area contributed by atoms with Crippen molar-refractivity contribution in [3.05, 3.63) is 52.4 Å². The molecule has 1 aliphatic heterocycles. The molecule has 1 saturated heterocycles. The topological polar surface area (TPSA) is 71.7 Å². The van der Waals surface area contributed by atoms with E-state index in [1.54, 1.807) is 0 Å². The van der Waals surface area contributed by atoms with Gasteiger partial charge in [0, 0.05) is 50.8 Å². The second-order valence-electron chi connectivity index (χ2n) is 7.73. The first-order valence-corrected chi connectivity index (χ1v) is 10.7. The van der Waals surface area contributed by atoms with E-state index in [-0.39, 0.29) is 5.41 Å². The Balaban J connectivity index is 1.70. The molecule has 1 aromatic carbocycles. The van der Waals surface area contributed by atoms with Crippen LogP contribution in [0.2, 0.25) is 0 Å². The quantitative estimate of drug-likeness (QED) is 0.552. The molecule has 6 nitrogen and oxygen atoms in total. The fraction of sp³-hybridized carbons (Fsp3) is 0.565. The Kier molecular flexibility index (Phi) is 7.31. The summed E-state index contributed by atoms with van der Waals surface area (Å²) >= 11 is 0. The molecule has 6 heteroatoms. The van der Waals surface area contributed by atoms with Crippen molar-refractivity contribution in [2.75, 3.05) is 26.8 Å².